The highest BCUT2D eigenvalue weighted by atomic mass is 35.5. The van der Waals surface area contributed by atoms with Gasteiger partial charge in [0, 0.05) is 38.1 Å². The molecule has 0 saturated heterocycles. The average Bonchev–Trinajstić information content (AvgIpc) is 3.37. The molecule has 0 bridgehead atoms. The Balaban J connectivity index is 1.64. The molecule has 8 nitrogen and oxygen atoms in total. The molecule has 5 heterocycles. The summed E-state index contributed by atoms with van der Waals surface area (Å²) in [4.78, 5) is 22.7. The topological polar surface area (TPSA) is 84.1 Å². The van der Waals surface area contributed by atoms with Crippen molar-refractivity contribution in [1.29, 1.82) is 0 Å². The van der Waals surface area contributed by atoms with Crippen molar-refractivity contribution >= 4 is 23.0 Å². The molecule has 9 heteroatoms. The largest absolute Gasteiger partial charge is 0.348 e. The van der Waals surface area contributed by atoms with Crippen LogP contribution >= 0.6 is 11.6 Å². The second kappa shape index (κ2) is 5.95. The third-order valence-electron chi connectivity index (χ3n) is 4.87. The van der Waals surface area contributed by atoms with E-state index >= 15 is 0 Å². The zero-order valence-electron chi connectivity index (χ0n) is 14.5. The number of fused-ring (bicyclic) bond motifs is 2. The van der Waals surface area contributed by atoms with Gasteiger partial charge in [0.1, 0.15) is 6.04 Å². The van der Waals surface area contributed by atoms with Crippen LogP contribution in [0.3, 0.4) is 0 Å². The van der Waals surface area contributed by atoms with Crippen molar-refractivity contribution in [1.82, 2.24) is 34.3 Å². The van der Waals surface area contributed by atoms with Gasteiger partial charge in [-0.15, -0.1) is 0 Å². The average molecular weight is 382 g/mol. The standard InChI is InChI=1S/C18H16ClN7O/c1-24-9-12(17(19)23-24)18(27)25-7-5-13-15(21-10-20-13)16(25)14-8-11-4-2-3-6-26(11)22-14/h2-4,6,8-10,16H,5,7H2,1H3,(H,20,21)/t16-/m0/s1. The maximum atomic E-state index is 13.3. The Kier molecular flexibility index (Phi) is 3.54. The van der Waals surface area contributed by atoms with E-state index in [9.17, 15) is 4.79 Å². The number of carbonyl (C=O) groups excluding carboxylic acids is 1. The van der Waals surface area contributed by atoms with Crippen LogP contribution in [0.4, 0.5) is 0 Å². The number of carbonyl (C=O) groups is 1. The van der Waals surface area contributed by atoms with Gasteiger partial charge in [0.05, 0.1) is 28.8 Å². The summed E-state index contributed by atoms with van der Waals surface area (Å²) in [6.07, 6.45) is 5.89. The summed E-state index contributed by atoms with van der Waals surface area (Å²) in [5.41, 5.74) is 3.95. The molecule has 0 spiro atoms. The SMILES string of the molecule is Cn1cc(C(=O)N2CCc3[nH]cnc3[C@@H]2c2cc3ccccn3n2)c(Cl)n1. The first-order valence-corrected chi connectivity index (χ1v) is 8.96. The molecule has 136 valence electrons. The van der Waals surface area contributed by atoms with E-state index in [1.807, 2.05) is 30.5 Å². The summed E-state index contributed by atoms with van der Waals surface area (Å²) in [5.74, 6) is -0.177. The molecule has 1 N–H and O–H groups in total. The number of hydrogen-bond donors (Lipinski definition) is 1. The predicted octanol–water partition coefficient (Wildman–Crippen LogP) is 2.23. The summed E-state index contributed by atoms with van der Waals surface area (Å²) >= 11 is 6.18. The van der Waals surface area contributed by atoms with E-state index < -0.39 is 0 Å². The van der Waals surface area contributed by atoms with Crippen LogP contribution in [-0.2, 0) is 13.5 Å². The molecule has 0 aromatic carbocycles. The summed E-state index contributed by atoms with van der Waals surface area (Å²) in [6, 6.07) is 7.46. The number of aromatic nitrogens is 6. The summed E-state index contributed by atoms with van der Waals surface area (Å²) < 4.78 is 3.34. The van der Waals surface area contributed by atoms with Crippen molar-refractivity contribution in [3.63, 3.8) is 0 Å². The van der Waals surface area contributed by atoms with Crippen LogP contribution < -0.4 is 0 Å². The Morgan fingerprint density at radius 2 is 2.22 bits per heavy atom. The number of pyridine rings is 1. The molecule has 0 fully saturated rings. The minimum absolute atomic E-state index is 0.177. The van der Waals surface area contributed by atoms with Crippen LogP contribution in [0, 0.1) is 0 Å². The van der Waals surface area contributed by atoms with E-state index in [2.05, 4.69) is 20.2 Å². The van der Waals surface area contributed by atoms with E-state index in [-0.39, 0.29) is 17.1 Å². The van der Waals surface area contributed by atoms with Gasteiger partial charge >= 0.3 is 0 Å². The van der Waals surface area contributed by atoms with Crippen LogP contribution in [0.5, 0.6) is 0 Å². The van der Waals surface area contributed by atoms with Gasteiger partial charge in [-0.05, 0) is 18.2 Å². The lowest BCUT2D eigenvalue weighted by molar-refractivity contribution is 0.0687. The summed E-state index contributed by atoms with van der Waals surface area (Å²) in [5, 5.41) is 8.97. The number of halogens is 1. The molecule has 1 aliphatic rings. The molecule has 0 saturated carbocycles. The molecule has 0 unspecified atom stereocenters. The first-order chi connectivity index (χ1) is 13.1. The van der Waals surface area contributed by atoms with Crippen molar-refractivity contribution in [2.75, 3.05) is 6.54 Å². The number of aryl methyl sites for hydroxylation is 1. The second-order valence-electron chi connectivity index (χ2n) is 6.56. The van der Waals surface area contributed by atoms with Gasteiger partial charge in [-0.25, -0.2) is 9.50 Å². The number of amides is 1. The van der Waals surface area contributed by atoms with Gasteiger partial charge in [0.2, 0.25) is 0 Å². The summed E-state index contributed by atoms with van der Waals surface area (Å²) in [7, 11) is 1.74. The van der Waals surface area contributed by atoms with E-state index in [0.717, 1.165) is 22.6 Å². The third-order valence-corrected chi connectivity index (χ3v) is 5.15. The maximum absolute atomic E-state index is 13.3. The molecule has 5 rings (SSSR count). The van der Waals surface area contributed by atoms with Gasteiger partial charge in [-0.3, -0.25) is 9.48 Å². The van der Waals surface area contributed by atoms with Gasteiger partial charge in [0.15, 0.2) is 5.15 Å². The second-order valence-corrected chi connectivity index (χ2v) is 6.92. The molecule has 0 radical (unpaired) electrons. The molecule has 1 atom stereocenters. The summed E-state index contributed by atoms with van der Waals surface area (Å²) in [6.45, 7) is 0.539. The highest BCUT2D eigenvalue weighted by Gasteiger charge is 2.37. The maximum Gasteiger partial charge on any atom is 0.259 e. The van der Waals surface area contributed by atoms with E-state index in [0.29, 0.717) is 18.5 Å². The minimum Gasteiger partial charge on any atom is -0.348 e. The van der Waals surface area contributed by atoms with Crippen LogP contribution in [0.25, 0.3) is 5.52 Å². The zero-order valence-corrected chi connectivity index (χ0v) is 15.3. The number of rotatable bonds is 2. The zero-order chi connectivity index (χ0) is 18.5. The van der Waals surface area contributed by atoms with Crippen LogP contribution in [-0.4, -0.2) is 46.7 Å². The van der Waals surface area contributed by atoms with Gasteiger partial charge in [-0.1, -0.05) is 17.7 Å². The molecular formula is C18H16ClN7O. The first-order valence-electron chi connectivity index (χ1n) is 8.58. The Labute approximate surface area is 159 Å². The third kappa shape index (κ3) is 2.52. The molecule has 4 aromatic heterocycles. The van der Waals surface area contributed by atoms with E-state index in [1.165, 1.54) is 0 Å². The number of imidazole rings is 1. The van der Waals surface area contributed by atoms with Crippen molar-refractivity contribution in [3.05, 3.63) is 70.8 Å². The van der Waals surface area contributed by atoms with Crippen molar-refractivity contribution in [2.24, 2.45) is 7.05 Å². The van der Waals surface area contributed by atoms with E-state index in [1.54, 1.807) is 33.7 Å². The Bertz CT molecular complexity index is 1120. The fraction of sp³-hybridized carbons (Fsp3) is 0.222. The van der Waals surface area contributed by atoms with Crippen LogP contribution in [0.15, 0.2) is 43.0 Å². The number of hydrogen-bond acceptors (Lipinski definition) is 4. The van der Waals surface area contributed by atoms with Gasteiger partial charge in [-0.2, -0.15) is 10.2 Å². The molecule has 1 aliphatic heterocycles. The molecule has 27 heavy (non-hydrogen) atoms. The normalized spacial score (nSPS) is 16.7. The monoisotopic (exact) mass is 381 g/mol. The Hall–Kier alpha value is -3.13. The van der Waals surface area contributed by atoms with Gasteiger partial charge in [0.25, 0.3) is 5.91 Å². The minimum atomic E-state index is -0.385. The lowest BCUT2D eigenvalue weighted by atomic mass is 9.99. The number of nitrogens with one attached hydrogen (secondary N) is 1. The molecule has 0 aliphatic carbocycles. The van der Waals surface area contributed by atoms with Crippen molar-refractivity contribution in [3.8, 4) is 0 Å². The van der Waals surface area contributed by atoms with Crippen molar-refractivity contribution < 1.29 is 4.79 Å². The van der Waals surface area contributed by atoms with Crippen LogP contribution in [0.1, 0.15) is 33.5 Å². The molecule has 1 amide bonds. The lowest BCUT2D eigenvalue weighted by Gasteiger charge is -2.33. The predicted molar refractivity (Wildman–Crippen MR) is 98.6 cm³/mol. The van der Waals surface area contributed by atoms with Crippen molar-refractivity contribution in [2.45, 2.75) is 12.5 Å². The first kappa shape index (κ1) is 16.1. The highest BCUT2D eigenvalue weighted by molar-refractivity contribution is 6.32. The van der Waals surface area contributed by atoms with Gasteiger partial charge < -0.3 is 9.88 Å². The number of aromatic amines is 1. The van der Waals surface area contributed by atoms with Crippen LogP contribution in [0.2, 0.25) is 5.15 Å². The number of H-pyrrole nitrogens is 1. The fourth-order valence-electron chi connectivity index (χ4n) is 3.65. The Morgan fingerprint density at radius 3 is 3.00 bits per heavy atom. The molecule has 4 aromatic rings. The fourth-order valence-corrected chi connectivity index (χ4v) is 3.89. The Morgan fingerprint density at radius 1 is 1.33 bits per heavy atom. The number of nitrogens with zero attached hydrogens (tertiary/aromatic N) is 6. The van der Waals surface area contributed by atoms with E-state index in [4.69, 9.17) is 11.6 Å². The highest BCUT2D eigenvalue weighted by Crippen LogP contribution is 2.34. The lowest BCUT2D eigenvalue weighted by Crippen LogP contribution is -2.41. The quantitative estimate of drug-likeness (QED) is 0.577. The molecular weight excluding hydrogens is 366 g/mol. The smallest absolute Gasteiger partial charge is 0.259 e.